The van der Waals surface area contributed by atoms with Crippen LogP contribution in [0.25, 0.3) is 0 Å². The summed E-state index contributed by atoms with van der Waals surface area (Å²) in [5.74, 6) is -0.226. The van der Waals surface area contributed by atoms with Gasteiger partial charge in [0.15, 0.2) is 0 Å². The lowest BCUT2D eigenvalue weighted by molar-refractivity contribution is 0.207. The highest BCUT2D eigenvalue weighted by molar-refractivity contribution is 7.10. The minimum atomic E-state index is -0.286. The predicted molar refractivity (Wildman–Crippen MR) is 68.9 cm³/mol. The predicted octanol–water partition coefficient (Wildman–Crippen LogP) is 3.38. The van der Waals surface area contributed by atoms with Gasteiger partial charge in [-0.15, -0.1) is 11.3 Å². The monoisotopic (exact) mass is 250 g/mol. The van der Waals surface area contributed by atoms with Crippen LogP contribution in [-0.4, -0.2) is 11.7 Å². The van der Waals surface area contributed by atoms with E-state index in [1.54, 1.807) is 23.5 Å². The Morgan fingerprint density at radius 1 is 1.24 bits per heavy atom. The molecule has 1 atom stereocenters. The van der Waals surface area contributed by atoms with E-state index in [1.165, 1.54) is 12.1 Å². The molecule has 3 heteroatoms. The number of rotatable bonds is 4. The molecule has 1 aromatic carbocycles. The quantitative estimate of drug-likeness (QED) is 0.882. The Kier molecular flexibility index (Phi) is 3.60. The van der Waals surface area contributed by atoms with Crippen molar-refractivity contribution >= 4 is 11.3 Å². The van der Waals surface area contributed by atoms with Gasteiger partial charge in [-0.25, -0.2) is 4.39 Å². The van der Waals surface area contributed by atoms with Gasteiger partial charge in [-0.2, -0.15) is 0 Å². The summed E-state index contributed by atoms with van der Waals surface area (Å²) in [6, 6.07) is 10.5. The van der Waals surface area contributed by atoms with Crippen molar-refractivity contribution in [1.82, 2.24) is 0 Å². The summed E-state index contributed by atoms with van der Waals surface area (Å²) < 4.78 is 12.8. The Morgan fingerprint density at radius 2 is 1.94 bits per heavy atom. The molecule has 0 aliphatic carbocycles. The van der Waals surface area contributed by atoms with Crippen LogP contribution in [0.1, 0.15) is 17.4 Å². The Labute approximate surface area is 105 Å². The van der Waals surface area contributed by atoms with Crippen LogP contribution in [0.5, 0.6) is 0 Å². The van der Waals surface area contributed by atoms with E-state index < -0.39 is 0 Å². The van der Waals surface area contributed by atoms with E-state index in [0.717, 1.165) is 10.4 Å². The number of thiophene rings is 1. The number of aliphatic hydroxyl groups is 1. The number of hydrogen-bond donors (Lipinski definition) is 1. The molecule has 1 unspecified atom stereocenters. The first-order valence-corrected chi connectivity index (χ1v) is 6.41. The van der Waals surface area contributed by atoms with Gasteiger partial charge < -0.3 is 5.11 Å². The maximum atomic E-state index is 12.8. The van der Waals surface area contributed by atoms with Gasteiger partial charge in [-0.3, -0.25) is 0 Å². The van der Waals surface area contributed by atoms with Crippen LogP contribution in [0.15, 0.2) is 41.8 Å². The molecule has 90 valence electrons. The first-order valence-electron chi connectivity index (χ1n) is 5.53. The molecule has 2 rings (SSSR count). The van der Waals surface area contributed by atoms with E-state index in [-0.39, 0.29) is 17.8 Å². The molecule has 0 aliphatic heterocycles. The Balaban J connectivity index is 2.23. The lowest BCUT2D eigenvalue weighted by atomic mass is 9.83. The van der Waals surface area contributed by atoms with Gasteiger partial charge in [-0.1, -0.05) is 25.1 Å². The van der Waals surface area contributed by atoms with Crippen molar-refractivity contribution in [1.29, 1.82) is 0 Å². The molecule has 1 heterocycles. The number of hydrogen-bond acceptors (Lipinski definition) is 2. The third-order valence-corrected chi connectivity index (χ3v) is 4.15. The van der Waals surface area contributed by atoms with E-state index in [1.807, 2.05) is 24.4 Å². The highest BCUT2D eigenvalue weighted by atomic mass is 32.1. The second kappa shape index (κ2) is 4.98. The van der Waals surface area contributed by atoms with Crippen LogP contribution in [0.2, 0.25) is 0 Å². The summed E-state index contributed by atoms with van der Waals surface area (Å²) in [6.45, 7) is 2.12. The lowest BCUT2D eigenvalue weighted by Gasteiger charge is -2.26. The zero-order valence-electron chi connectivity index (χ0n) is 9.69. The smallest absolute Gasteiger partial charge is 0.123 e. The van der Waals surface area contributed by atoms with Crippen molar-refractivity contribution in [2.45, 2.75) is 18.8 Å². The van der Waals surface area contributed by atoms with E-state index >= 15 is 0 Å². The number of halogens is 1. The normalized spacial score (nSPS) is 14.5. The van der Waals surface area contributed by atoms with Gasteiger partial charge in [-0.05, 0) is 35.6 Å². The van der Waals surface area contributed by atoms with E-state index in [2.05, 4.69) is 0 Å². The summed E-state index contributed by atoms with van der Waals surface area (Å²) in [5, 5.41) is 11.6. The Hall–Kier alpha value is -1.19. The summed E-state index contributed by atoms with van der Waals surface area (Å²) in [4.78, 5) is 1.16. The summed E-state index contributed by atoms with van der Waals surface area (Å²) in [7, 11) is 0. The molecule has 2 aromatic rings. The fraction of sp³-hybridized carbons (Fsp3) is 0.286. The van der Waals surface area contributed by atoms with Gasteiger partial charge in [0.25, 0.3) is 0 Å². The molecule has 17 heavy (non-hydrogen) atoms. The molecule has 0 saturated heterocycles. The second-order valence-electron chi connectivity index (χ2n) is 4.50. The van der Waals surface area contributed by atoms with Crippen LogP contribution < -0.4 is 0 Å². The first kappa shape index (κ1) is 12.3. The maximum Gasteiger partial charge on any atom is 0.123 e. The van der Waals surface area contributed by atoms with Crippen LogP contribution in [0.3, 0.4) is 0 Å². The minimum Gasteiger partial charge on any atom is -0.395 e. The molecule has 0 aliphatic rings. The van der Waals surface area contributed by atoms with Crippen LogP contribution in [-0.2, 0) is 11.8 Å². The molecule has 0 bridgehead atoms. The van der Waals surface area contributed by atoms with Gasteiger partial charge in [0, 0.05) is 10.3 Å². The minimum absolute atomic E-state index is 0.0882. The highest BCUT2D eigenvalue weighted by Crippen LogP contribution is 2.31. The topological polar surface area (TPSA) is 20.2 Å². The largest absolute Gasteiger partial charge is 0.395 e. The van der Waals surface area contributed by atoms with Gasteiger partial charge >= 0.3 is 0 Å². The van der Waals surface area contributed by atoms with Crippen LogP contribution >= 0.6 is 11.3 Å². The molecule has 0 amide bonds. The van der Waals surface area contributed by atoms with Crippen molar-refractivity contribution in [2.24, 2.45) is 0 Å². The zero-order valence-corrected chi connectivity index (χ0v) is 10.5. The van der Waals surface area contributed by atoms with E-state index in [9.17, 15) is 9.50 Å². The summed E-state index contributed by atoms with van der Waals surface area (Å²) in [6.07, 6.45) is 0.713. The summed E-state index contributed by atoms with van der Waals surface area (Å²) in [5.41, 5.74) is 0.753. The Bertz CT molecular complexity index is 463. The fourth-order valence-electron chi connectivity index (χ4n) is 1.90. The van der Waals surface area contributed by atoms with E-state index in [4.69, 9.17) is 0 Å². The SMILES string of the molecule is CC(CO)(Cc1ccc(F)cc1)c1cccs1. The maximum absolute atomic E-state index is 12.8. The third kappa shape index (κ3) is 2.73. The van der Waals surface area contributed by atoms with Crippen LogP contribution in [0.4, 0.5) is 4.39 Å². The highest BCUT2D eigenvalue weighted by Gasteiger charge is 2.27. The molecule has 1 nitrogen and oxygen atoms in total. The third-order valence-electron chi connectivity index (χ3n) is 2.97. The number of aliphatic hydroxyl groups excluding tert-OH is 1. The van der Waals surface area contributed by atoms with Crippen molar-refractivity contribution in [3.05, 3.63) is 58.0 Å². The fourth-order valence-corrected chi connectivity index (χ4v) is 2.78. The standard InChI is InChI=1S/C14H15FOS/c1-14(10-16,13-3-2-8-17-13)9-11-4-6-12(15)7-5-11/h2-8,16H,9-10H2,1H3. The zero-order chi connectivity index (χ0) is 12.3. The molecule has 0 spiro atoms. The first-order chi connectivity index (χ1) is 8.14. The molecule has 1 aromatic heterocycles. The molecular formula is C14H15FOS. The Morgan fingerprint density at radius 3 is 2.47 bits per heavy atom. The van der Waals surface area contributed by atoms with Crippen molar-refractivity contribution < 1.29 is 9.50 Å². The van der Waals surface area contributed by atoms with Crippen molar-refractivity contribution in [2.75, 3.05) is 6.61 Å². The van der Waals surface area contributed by atoms with Crippen molar-refractivity contribution in [3.8, 4) is 0 Å². The van der Waals surface area contributed by atoms with Gasteiger partial charge in [0.2, 0.25) is 0 Å². The van der Waals surface area contributed by atoms with Gasteiger partial charge in [0.1, 0.15) is 5.82 Å². The molecule has 0 radical (unpaired) electrons. The average Bonchev–Trinajstić information content (AvgIpc) is 2.86. The van der Waals surface area contributed by atoms with Crippen LogP contribution in [0, 0.1) is 5.82 Å². The lowest BCUT2D eigenvalue weighted by Crippen LogP contribution is -2.28. The summed E-state index contributed by atoms with van der Waals surface area (Å²) >= 11 is 1.64. The second-order valence-corrected chi connectivity index (χ2v) is 5.45. The molecule has 0 saturated carbocycles. The number of benzene rings is 1. The molecule has 0 fully saturated rings. The molecule has 1 N–H and O–H groups in total. The van der Waals surface area contributed by atoms with Gasteiger partial charge in [0.05, 0.1) is 6.61 Å². The molecular weight excluding hydrogens is 235 g/mol. The van der Waals surface area contributed by atoms with Crippen molar-refractivity contribution in [3.63, 3.8) is 0 Å². The van der Waals surface area contributed by atoms with E-state index in [0.29, 0.717) is 6.42 Å². The average molecular weight is 250 g/mol.